The van der Waals surface area contributed by atoms with Crippen molar-refractivity contribution in [2.45, 2.75) is 25.1 Å². The van der Waals surface area contributed by atoms with E-state index in [2.05, 4.69) is 10.1 Å². The number of benzene rings is 1. The van der Waals surface area contributed by atoms with Gasteiger partial charge in [0.25, 0.3) is 0 Å². The van der Waals surface area contributed by atoms with Crippen LogP contribution in [0.25, 0.3) is 0 Å². The van der Waals surface area contributed by atoms with E-state index >= 15 is 0 Å². The highest BCUT2D eigenvalue weighted by Crippen LogP contribution is 2.24. The molecule has 1 saturated heterocycles. The fourth-order valence-electron chi connectivity index (χ4n) is 1.91. The van der Waals surface area contributed by atoms with E-state index in [0.717, 1.165) is 25.9 Å². The minimum absolute atomic E-state index is 0. The fraction of sp³-hybridized carbons (Fsp3) is 0.538. The number of hydrogen-bond donors (Lipinski definition) is 1. The van der Waals surface area contributed by atoms with Gasteiger partial charge in [-0.3, -0.25) is 0 Å². The molecule has 0 aliphatic carbocycles. The Hall–Kier alpha value is -1.14. The molecule has 0 atom stereocenters. The second-order valence-electron chi connectivity index (χ2n) is 4.45. The van der Waals surface area contributed by atoms with Gasteiger partial charge in [0.1, 0.15) is 17.6 Å². The minimum Gasteiger partial charge on any atom is -0.490 e. The Morgan fingerprint density at radius 1 is 1.15 bits per heavy atom. The van der Waals surface area contributed by atoms with E-state index in [9.17, 15) is 13.2 Å². The van der Waals surface area contributed by atoms with Gasteiger partial charge >= 0.3 is 6.18 Å². The first kappa shape index (κ1) is 16.9. The quantitative estimate of drug-likeness (QED) is 0.926. The zero-order chi connectivity index (χ0) is 13.7. The van der Waals surface area contributed by atoms with Crippen LogP contribution >= 0.6 is 12.4 Å². The van der Waals surface area contributed by atoms with E-state index in [1.54, 1.807) is 12.1 Å². The molecule has 1 aromatic carbocycles. The van der Waals surface area contributed by atoms with Gasteiger partial charge in [-0.1, -0.05) is 6.07 Å². The number of ether oxygens (including phenoxy) is 2. The summed E-state index contributed by atoms with van der Waals surface area (Å²) < 4.78 is 46.6. The van der Waals surface area contributed by atoms with Crippen LogP contribution in [0.1, 0.15) is 12.8 Å². The van der Waals surface area contributed by atoms with Gasteiger partial charge in [-0.05, 0) is 38.1 Å². The van der Waals surface area contributed by atoms with Crippen molar-refractivity contribution < 1.29 is 22.6 Å². The van der Waals surface area contributed by atoms with Crippen LogP contribution in [-0.4, -0.2) is 32.0 Å². The van der Waals surface area contributed by atoms with E-state index in [0.29, 0.717) is 5.75 Å². The van der Waals surface area contributed by atoms with E-state index in [4.69, 9.17) is 4.74 Å². The van der Waals surface area contributed by atoms with Crippen LogP contribution in [0.4, 0.5) is 13.2 Å². The molecule has 0 bridgehead atoms. The molecular formula is C13H17ClF3NO2. The Morgan fingerprint density at radius 2 is 1.80 bits per heavy atom. The predicted octanol–water partition coefficient (Wildman–Crippen LogP) is 3.18. The molecule has 1 aliphatic rings. The number of nitrogens with one attached hydrogen (secondary N) is 1. The fourth-order valence-corrected chi connectivity index (χ4v) is 1.91. The molecular weight excluding hydrogens is 295 g/mol. The summed E-state index contributed by atoms with van der Waals surface area (Å²) >= 11 is 0. The normalized spacial score (nSPS) is 16.4. The molecule has 1 aromatic rings. The summed E-state index contributed by atoms with van der Waals surface area (Å²) in [6, 6.07) is 6.33. The van der Waals surface area contributed by atoms with Crippen LogP contribution in [0.15, 0.2) is 24.3 Å². The molecule has 3 nitrogen and oxygen atoms in total. The lowest BCUT2D eigenvalue weighted by molar-refractivity contribution is -0.153. The maximum Gasteiger partial charge on any atom is 0.422 e. The largest absolute Gasteiger partial charge is 0.490 e. The first-order valence-electron chi connectivity index (χ1n) is 6.20. The molecule has 0 amide bonds. The Bertz CT molecular complexity index is 409. The number of hydrogen-bond acceptors (Lipinski definition) is 3. The van der Waals surface area contributed by atoms with Gasteiger partial charge in [0.15, 0.2) is 6.61 Å². The zero-order valence-corrected chi connectivity index (χ0v) is 11.6. The number of halogens is 4. The smallest absolute Gasteiger partial charge is 0.422 e. The third kappa shape index (κ3) is 5.88. The van der Waals surface area contributed by atoms with Crippen molar-refractivity contribution in [3.05, 3.63) is 24.3 Å². The predicted molar refractivity (Wildman–Crippen MR) is 71.8 cm³/mol. The van der Waals surface area contributed by atoms with Gasteiger partial charge in [-0.2, -0.15) is 13.2 Å². The van der Waals surface area contributed by atoms with Gasteiger partial charge < -0.3 is 14.8 Å². The molecule has 1 N–H and O–H groups in total. The number of alkyl halides is 3. The molecule has 1 fully saturated rings. The van der Waals surface area contributed by atoms with Gasteiger partial charge in [0, 0.05) is 6.07 Å². The average molecular weight is 312 g/mol. The number of rotatable bonds is 4. The summed E-state index contributed by atoms with van der Waals surface area (Å²) in [5, 5.41) is 3.22. The van der Waals surface area contributed by atoms with Crippen LogP contribution < -0.4 is 14.8 Å². The SMILES string of the molecule is Cl.FC(F)(F)COc1cccc(OC2CCNCC2)c1. The first-order valence-corrected chi connectivity index (χ1v) is 6.20. The van der Waals surface area contributed by atoms with Gasteiger partial charge in [0.2, 0.25) is 0 Å². The molecule has 1 aliphatic heterocycles. The Morgan fingerprint density at radius 3 is 2.45 bits per heavy atom. The Balaban J connectivity index is 0.00000200. The summed E-state index contributed by atoms with van der Waals surface area (Å²) in [6.45, 7) is 0.508. The zero-order valence-electron chi connectivity index (χ0n) is 10.8. The minimum atomic E-state index is -4.33. The molecule has 1 heterocycles. The van der Waals surface area contributed by atoms with Crippen molar-refractivity contribution in [1.29, 1.82) is 0 Å². The van der Waals surface area contributed by atoms with Crippen molar-refractivity contribution in [2.75, 3.05) is 19.7 Å². The summed E-state index contributed by atoms with van der Waals surface area (Å²) in [5.41, 5.74) is 0. The third-order valence-corrected chi connectivity index (χ3v) is 2.80. The van der Waals surface area contributed by atoms with Gasteiger partial charge in [0.05, 0.1) is 0 Å². The maximum absolute atomic E-state index is 12.1. The van der Waals surface area contributed by atoms with Gasteiger partial charge in [-0.25, -0.2) is 0 Å². The Kier molecular flexibility index (Phi) is 6.42. The standard InChI is InChI=1S/C13H16F3NO2.ClH/c14-13(15,16)9-18-11-2-1-3-12(8-11)19-10-4-6-17-7-5-10;/h1-3,8,10,17H,4-7,9H2;1H. The van der Waals surface area contributed by atoms with Crippen LogP contribution in [-0.2, 0) is 0 Å². The monoisotopic (exact) mass is 311 g/mol. The summed E-state index contributed by atoms with van der Waals surface area (Å²) in [4.78, 5) is 0. The molecule has 0 unspecified atom stereocenters. The topological polar surface area (TPSA) is 30.5 Å². The summed E-state index contributed by atoms with van der Waals surface area (Å²) in [6.07, 6.45) is -2.42. The van der Waals surface area contributed by atoms with Gasteiger partial charge in [-0.15, -0.1) is 12.4 Å². The summed E-state index contributed by atoms with van der Waals surface area (Å²) in [7, 11) is 0. The Labute approximate surface area is 121 Å². The van der Waals surface area contributed by atoms with E-state index in [1.165, 1.54) is 12.1 Å². The average Bonchev–Trinajstić information content (AvgIpc) is 2.37. The molecule has 2 rings (SSSR count). The molecule has 0 radical (unpaired) electrons. The lowest BCUT2D eigenvalue weighted by Gasteiger charge is -2.24. The van der Waals surface area contributed by atoms with Crippen molar-refractivity contribution in [3.63, 3.8) is 0 Å². The van der Waals surface area contributed by atoms with E-state index in [1.807, 2.05) is 0 Å². The van der Waals surface area contributed by atoms with Crippen molar-refractivity contribution in [1.82, 2.24) is 5.32 Å². The number of piperidine rings is 1. The van der Waals surface area contributed by atoms with Crippen LogP contribution in [0.5, 0.6) is 11.5 Å². The second-order valence-corrected chi connectivity index (χ2v) is 4.45. The second kappa shape index (κ2) is 7.59. The molecule has 0 spiro atoms. The van der Waals surface area contributed by atoms with E-state index < -0.39 is 12.8 Å². The highest BCUT2D eigenvalue weighted by molar-refractivity contribution is 5.85. The highest BCUT2D eigenvalue weighted by Gasteiger charge is 2.28. The lowest BCUT2D eigenvalue weighted by atomic mass is 10.1. The van der Waals surface area contributed by atoms with Crippen molar-refractivity contribution in [2.24, 2.45) is 0 Å². The van der Waals surface area contributed by atoms with Crippen molar-refractivity contribution >= 4 is 12.4 Å². The lowest BCUT2D eigenvalue weighted by Crippen LogP contribution is -2.34. The molecule has 7 heteroatoms. The summed E-state index contributed by atoms with van der Waals surface area (Å²) in [5.74, 6) is 0.718. The molecule has 20 heavy (non-hydrogen) atoms. The van der Waals surface area contributed by atoms with Crippen LogP contribution in [0.3, 0.4) is 0 Å². The van der Waals surface area contributed by atoms with Crippen LogP contribution in [0, 0.1) is 0 Å². The molecule has 0 saturated carbocycles. The maximum atomic E-state index is 12.1. The first-order chi connectivity index (χ1) is 9.03. The highest BCUT2D eigenvalue weighted by atomic mass is 35.5. The van der Waals surface area contributed by atoms with E-state index in [-0.39, 0.29) is 24.3 Å². The van der Waals surface area contributed by atoms with Crippen LogP contribution in [0.2, 0.25) is 0 Å². The third-order valence-electron chi connectivity index (χ3n) is 2.80. The molecule has 0 aromatic heterocycles. The van der Waals surface area contributed by atoms with Crippen molar-refractivity contribution in [3.8, 4) is 11.5 Å². The molecule has 114 valence electrons.